The summed E-state index contributed by atoms with van der Waals surface area (Å²) in [6.45, 7) is 4.06. The molecule has 2 heterocycles. The van der Waals surface area contributed by atoms with Crippen LogP contribution in [0.3, 0.4) is 0 Å². The van der Waals surface area contributed by atoms with Crippen LogP contribution in [0.4, 0.5) is 0 Å². The molecule has 2 rings (SSSR count). The average molecular weight is 229 g/mol. The molecule has 1 N–H and O–H groups in total. The standard InChI is InChI=1S/C12H23NOS/c14-10-12(9-13-5-1-2-6-13)11-3-7-15-8-4-11/h11-12,14H,1-10H2. The molecule has 2 saturated heterocycles. The molecule has 1 unspecified atom stereocenters. The first kappa shape index (κ1) is 11.7. The van der Waals surface area contributed by atoms with Gasteiger partial charge in [0.25, 0.3) is 0 Å². The highest BCUT2D eigenvalue weighted by molar-refractivity contribution is 7.99. The molecular formula is C12H23NOS. The van der Waals surface area contributed by atoms with Crippen LogP contribution in [0, 0.1) is 11.8 Å². The predicted octanol–water partition coefficient (Wildman–Crippen LogP) is 1.83. The van der Waals surface area contributed by atoms with Gasteiger partial charge in [0.2, 0.25) is 0 Å². The molecule has 0 aromatic rings. The normalized spacial score (nSPS) is 27.0. The minimum absolute atomic E-state index is 0.395. The van der Waals surface area contributed by atoms with E-state index in [2.05, 4.69) is 16.7 Å². The van der Waals surface area contributed by atoms with Gasteiger partial charge in [-0.05, 0) is 62.1 Å². The van der Waals surface area contributed by atoms with E-state index in [-0.39, 0.29) is 0 Å². The third kappa shape index (κ3) is 3.36. The molecule has 2 aliphatic rings. The van der Waals surface area contributed by atoms with Gasteiger partial charge in [-0.1, -0.05) is 0 Å². The van der Waals surface area contributed by atoms with Crippen molar-refractivity contribution < 1.29 is 5.11 Å². The van der Waals surface area contributed by atoms with Gasteiger partial charge in [-0.2, -0.15) is 11.8 Å². The second-order valence-corrected chi connectivity index (χ2v) is 6.12. The summed E-state index contributed by atoms with van der Waals surface area (Å²) in [6.07, 6.45) is 5.37. The Labute approximate surface area is 97.4 Å². The fourth-order valence-corrected chi connectivity index (χ4v) is 3.98. The summed E-state index contributed by atoms with van der Waals surface area (Å²) in [5, 5.41) is 9.51. The first-order valence-electron chi connectivity index (χ1n) is 6.31. The largest absolute Gasteiger partial charge is 0.396 e. The SMILES string of the molecule is OCC(CN1CCCC1)C1CCSCC1. The number of thioether (sulfide) groups is 1. The second kappa shape index (κ2) is 6.12. The second-order valence-electron chi connectivity index (χ2n) is 4.90. The molecule has 3 heteroatoms. The minimum atomic E-state index is 0.395. The van der Waals surface area contributed by atoms with Crippen LogP contribution < -0.4 is 0 Å². The Hall–Kier alpha value is 0.270. The Morgan fingerprint density at radius 1 is 1.20 bits per heavy atom. The quantitative estimate of drug-likeness (QED) is 0.795. The number of aliphatic hydroxyl groups excluding tert-OH is 1. The Morgan fingerprint density at radius 3 is 2.47 bits per heavy atom. The molecule has 1 atom stereocenters. The maximum atomic E-state index is 9.51. The summed E-state index contributed by atoms with van der Waals surface area (Å²) in [6, 6.07) is 0. The fourth-order valence-electron chi connectivity index (χ4n) is 2.84. The zero-order valence-corrected chi connectivity index (χ0v) is 10.3. The van der Waals surface area contributed by atoms with Gasteiger partial charge in [0.15, 0.2) is 0 Å². The lowest BCUT2D eigenvalue weighted by Crippen LogP contribution is -2.34. The van der Waals surface area contributed by atoms with E-state index in [0.29, 0.717) is 12.5 Å². The van der Waals surface area contributed by atoms with Crippen LogP contribution in [0.15, 0.2) is 0 Å². The average Bonchev–Trinajstić information content (AvgIpc) is 2.80. The summed E-state index contributed by atoms with van der Waals surface area (Å²) in [5.74, 6) is 3.95. The molecule has 0 spiro atoms. The summed E-state index contributed by atoms with van der Waals surface area (Å²) in [5.41, 5.74) is 0. The third-order valence-corrected chi connectivity index (χ3v) is 4.91. The highest BCUT2D eigenvalue weighted by Gasteiger charge is 2.26. The van der Waals surface area contributed by atoms with Crippen molar-refractivity contribution in [1.82, 2.24) is 4.90 Å². The molecular weight excluding hydrogens is 206 g/mol. The number of nitrogens with zero attached hydrogens (tertiary/aromatic N) is 1. The van der Waals surface area contributed by atoms with E-state index in [0.717, 1.165) is 12.5 Å². The molecule has 2 aliphatic heterocycles. The molecule has 2 nitrogen and oxygen atoms in total. The van der Waals surface area contributed by atoms with E-state index >= 15 is 0 Å². The van der Waals surface area contributed by atoms with Crippen molar-refractivity contribution in [2.75, 3.05) is 37.7 Å². The van der Waals surface area contributed by atoms with Gasteiger partial charge in [-0.25, -0.2) is 0 Å². The van der Waals surface area contributed by atoms with Gasteiger partial charge in [-0.3, -0.25) is 0 Å². The minimum Gasteiger partial charge on any atom is -0.396 e. The number of likely N-dealkylation sites (tertiary alicyclic amines) is 1. The number of hydrogen-bond acceptors (Lipinski definition) is 3. The first-order valence-corrected chi connectivity index (χ1v) is 7.46. The smallest absolute Gasteiger partial charge is 0.0474 e. The highest BCUT2D eigenvalue weighted by Crippen LogP contribution is 2.29. The van der Waals surface area contributed by atoms with Crippen LogP contribution in [0.5, 0.6) is 0 Å². The van der Waals surface area contributed by atoms with Crippen LogP contribution >= 0.6 is 11.8 Å². The first-order chi connectivity index (χ1) is 7.40. The molecule has 2 fully saturated rings. The summed E-state index contributed by atoms with van der Waals surface area (Å²) < 4.78 is 0. The number of hydrogen-bond donors (Lipinski definition) is 1. The Bertz CT molecular complexity index is 176. The monoisotopic (exact) mass is 229 g/mol. The van der Waals surface area contributed by atoms with Gasteiger partial charge in [-0.15, -0.1) is 0 Å². The van der Waals surface area contributed by atoms with Gasteiger partial charge in [0, 0.05) is 13.2 Å². The van der Waals surface area contributed by atoms with E-state index in [1.165, 1.54) is 50.3 Å². The van der Waals surface area contributed by atoms with Gasteiger partial charge < -0.3 is 10.0 Å². The van der Waals surface area contributed by atoms with Crippen molar-refractivity contribution in [2.24, 2.45) is 11.8 Å². The maximum Gasteiger partial charge on any atom is 0.0474 e. The van der Waals surface area contributed by atoms with Crippen LogP contribution in [-0.2, 0) is 0 Å². The van der Waals surface area contributed by atoms with Gasteiger partial charge in [0.1, 0.15) is 0 Å². The molecule has 0 amide bonds. The molecule has 88 valence electrons. The Balaban J connectivity index is 1.79. The van der Waals surface area contributed by atoms with Crippen LogP contribution in [0.2, 0.25) is 0 Å². The van der Waals surface area contributed by atoms with E-state index in [4.69, 9.17) is 0 Å². The van der Waals surface area contributed by atoms with Crippen LogP contribution in [0.1, 0.15) is 25.7 Å². The van der Waals surface area contributed by atoms with Crippen molar-refractivity contribution in [3.05, 3.63) is 0 Å². The maximum absolute atomic E-state index is 9.51. The number of rotatable bonds is 4. The lowest BCUT2D eigenvalue weighted by Gasteiger charge is -2.31. The third-order valence-electron chi connectivity index (χ3n) is 3.86. The van der Waals surface area contributed by atoms with Crippen molar-refractivity contribution in [3.63, 3.8) is 0 Å². The van der Waals surface area contributed by atoms with E-state index in [1.54, 1.807) is 0 Å². The van der Waals surface area contributed by atoms with Crippen molar-refractivity contribution in [1.29, 1.82) is 0 Å². The molecule has 0 bridgehead atoms. The highest BCUT2D eigenvalue weighted by atomic mass is 32.2. The summed E-state index contributed by atoms with van der Waals surface area (Å²) in [4.78, 5) is 2.54. The van der Waals surface area contributed by atoms with Crippen molar-refractivity contribution >= 4 is 11.8 Å². The van der Waals surface area contributed by atoms with Crippen LogP contribution in [0.25, 0.3) is 0 Å². The van der Waals surface area contributed by atoms with Gasteiger partial charge >= 0.3 is 0 Å². The van der Waals surface area contributed by atoms with E-state index in [1.807, 2.05) is 0 Å². The van der Waals surface area contributed by atoms with Crippen LogP contribution in [-0.4, -0.2) is 47.8 Å². The molecule has 0 aliphatic carbocycles. The van der Waals surface area contributed by atoms with Gasteiger partial charge in [0.05, 0.1) is 0 Å². The lowest BCUT2D eigenvalue weighted by atomic mass is 9.87. The van der Waals surface area contributed by atoms with Crippen molar-refractivity contribution in [2.45, 2.75) is 25.7 Å². The zero-order chi connectivity index (χ0) is 10.5. The zero-order valence-electron chi connectivity index (χ0n) is 9.53. The number of aliphatic hydroxyl groups is 1. The Kier molecular flexibility index (Phi) is 4.79. The molecule has 0 aromatic heterocycles. The van der Waals surface area contributed by atoms with Crippen molar-refractivity contribution in [3.8, 4) is 0 Å². The lowest BCUT2D eigenvalue weighted by molar-refractivity contribution is 0.128. The predicted molar refractivity (Wildman–Crippen MR) is 66.3 cm³/mol. The Morgan fingerprint density at radius 2 is 1.87 bits per heavy atom. The summed E-state index contributed by atoms with van der Waals surface area (Å²) in [7, 11) is 0. The van der Waals surface area contributed by atoms with E-state index < -0.39 is 0 Å². The van der Waals surface area contributed by atoms with E-state index in [9.17, 15) is 5.11 Å². The molecule has 0 saturated carbocycles. The topological polar surface area (TPSA) is 23.5 Å². The molecule has 0 aromatic carbocycles. The summed E-state index contributed by atoms with van der Waals surface area (Å²) >= 11 is 2.07. The molecule has 15 heavy (non-hydrogen) atoms. The fraction of sp³-hybridized carbons (Fsp3) is 1.00. The molecule has 0 radical (unpaired) electrons.